The van der Waals surface area contributed by atoms with Crippen LogP contribution in [0, 0.1) is 0 Å². The Balaban J connectivity index is 1.63. The van der Waals surface area contributed by atoms with E-state index in [-0.39, 0.29) is 0 Å². The third-order valence-corrected chi connectivity index (χ3v) is 4.09. The van der Waals surface area contributed by atoms with E-state index < -0.39 is 0 Å². The van der Waals surface area contributed by atoms with Crippen LogP contribution in [-0.4, -0.2) is 9.97 Å². The van der Waals surface area contributed by atoms with Gasteiger partial charge in [-0.2, -0.15) is 0 Å². The number of aromatic nitrogens is 2. The molecule has 1 aliphatic carbocycles. The SMILES string of the molecule is c1ccc(C2CCc3oc(-c4ccccn4)nc3C2)cc1. The van der Waals surface area contributed by atoms with Crippen LogP contribution in [0.2, 0.25) is 0 Å². The molecule has 0 saturated carbocycles. The molecule has 0 radical (unpaired) electrons. The largest absolute Gasteiger partial charge is 0.440 e. The molecule has 0 aliphatic heterocycles. The first-order valence-electron chi connectivity index (χ1n) is 7.35. The van der Waals surface area contributed by atoms with Gasteiger partial charge in [0.25, 0.3) is 0 Å². The fourth-order valence-corrected chi connectivity index (χ4v) is 2.99. The molecule has 3 nitrogen and oxygen atoms in total. The minimum Gasteiger partial charge on any atom is -0.440 e. The number of rotatable bonds is 2. The third-order valence-electron chi connectivity index (χ3n) is 4.09. The molecule has 0 bridgehead atoms. The summed E-state index contributed by atoms with van der Waals surface area (Å²) >= 11 is 0. The predicted octanol–water partition coefficient (Wildman–Crippen LogP) is 4.01. The second-order valence-electron chi connectivity index (χ2n) is 5.45. The van der Waals surface area contributed by atoms with Gasteiger partial charge < -0.3 is 4.42 Å². The summed E-state index contributed by atoms with van der Waals surface area (Å²) in [6.07, 6.45) is 4.80. The van der Waals surface area contributed by atoms with Gasteiger partial charge in [0.1, 0.15) is 11.5 Å². The average molecular weight is 276 g/mol. The van der Waals surface area contributed by atoms with Crippen molar-refractivity contribution in [2.45, 2.75) is 25.2 Å². The molecule has 1 unspecified atom stereocenters. The van der Waals surface area contributed by atoms with Crippen molar-refractivity contribution in [3.63, 3.8) is 0 Å². The number of oxazole rings is 1. The first kappa shape index (κ1) is 12.3. The summed E-state index contributed by atoms with van der Waals surface area (Å²) in [6.45, 7) is 0. The van der Waals surface area contributed by atoms with Crippen molar-refractivity contribution >= 4 is 0 Å². The second-order valence-corrected chi connectivity index (χ2v) is 5.45. The van der Waals surface area contributed by atoms with Crippen LogP contribution in [0.4, 0.5) is 0 Å². The number of benzene rings is 1. The number of nitrogens with zero attached hydrogens (tertiary/aromatic N) is 2. The lowest BCUT2D eigenvalue weighted by Gasteiger charge is -2.20. The Kier molecular flexibility index (Phi) is 3.03. The average Bonchev–Trinajstić information content (AvgIpc) is 2.99. The molecule has 3 heteroatoms. The van der Waals surface area contributed by atoms with Crippen molar-refractivity contribution in [1.82, 2.24) is 9.97 Å². The van der Waals surface area contributed by atoms with E-state index in [9.17, 15) is 0 Å². The molecule has 1 atom stereocenters. The molecule has 4 rings (SSSR count). The first-order valence-corrected chi connectivity index (χ1v) is 7.35. The number of hydrogen-bond donors (Lipinski definition) is 0. The van der Waals surface area contributed by atoms with Gasteiger partial charge in [-0.05, 0) is 30.0 Å². The normalized spacial score (nSPS) is 17.4. The van der Waals surface area contributed by atoms with E-state index in [4.69, 9.17) is 4.42 Å². The van der Waals surface area contributed by atoms with Crippen LogP contribution in [0.5, 0.6) is 0 Å². The molecule has 0 fully saturated rings. The van der Waals surface area contributed by atoms with Crippen molar-refractivity contribution in [1.29, 1.82) is 0 Å². The van der Waals surface area contributed by atoms with Crippen molar-refractivity contribution in [3.8, 4) is 11.6 Å². The van der Waals surface area contributed by atoms with Gasteiger partial charge in [-0.1, -0.05) is 36.4 Å². The van der Waals surface area contributed by atoms with E-state index in [1.807, 2.05) is 18.2 Å². The Morgan fingerprint density at radius 3 is 2.67 bits per heavy atom. The van der Waals surface area contributed by atoms with Gasteiger partial charge in [0.2, 0.25) is 5.89 Å². The smallest absolute Gasteiger partial charge is 0.245 e. The van der Waals surface area contributed by atoms with E-state index in [0.717, 1.165) is 36.4 Å². The van der Waals surface area contributed by atoms with Gasteiger partial charge in [0.05, 0.1) is 5.69 Å². The minimum atomic E-state index is 0.542. The lowest BCUT2D eigenvalue weighted by molar-refractivity contribution is 0.464. The Morgan fingerprint density at radius 2 is 1.86 bits per heavy atom. The second kappa shape index (κ2) is 5.17. The molecule has 0 saturated heterocycles. The van der Waals surface area contributed by atoms with Crippen LogP contribution in [0.15, 0.2) is 59.1 Å². The zero-order valence-electron chi connectivity index (χ0n) is 11.7. The summed E-state index contributed by atoms with van der Waals surface area (Å²) in [5.74, 6) is 2.22. The van der Waals surface area contributed by atoms with Crippen LogP contribution in [0.25, 0.3) is 11.6 Å². The standard InChI is InChI=1S/C18H16N2O/c1-2-6-13(7-3-1)14-9-10-17-16(12-14)20-18(21-17)15-8-4-5-11-19-15/h1-8,11,14H,9-10,12H2. The highest BCUT2D eigenvalue weighted by atomic mass is 16.4. The van der Waals surface area contributed by atoms with Crippen LogP contribution in [-0.2, 0) is 12.8 Å². The van der Waals surface area contributed by atoms with Gasteiger partial charge in [-0.15, -0.1) is 0 Å². The van der Waals surface area contributed by atoms with Crippen LogP contribution in [0.3, 0.4) is 0 Å². The maximum Gasteiger partial charge on any atom is 0.245 e. The van der Waals surface area contributed by atoms with Crippen molar-refractivity contribution in [2.75, 3.05) is 0 Å². The number of hydrogen-bond acceptors (Lipinski definition) is 3. The lowest BCUT2D eigenvalue weighted by atomic mass is 9.85. The summed E-state index contributed by atoms with van der Waals surface area (Å²) in [5, 5.41) is 0. The van der Waals surface area contributed by atoms with Crippen molar-refractivity contribution in [3.05, 3.63) is 71.7 Å². The molecule has 3 aromatic rings. The molecule has 2 heterocycles. The van der Waals surface area contributed by atoms with Crippen LogP contribution >= 0.6 is 0 Å². The van der Waals surface area contributed by atoms with E-state index in [1.165, 1.54) is 5.56 Å². The number of fused-ring (bicyclic) bond motifs is 1. The predicted molar refractivity (Wildman–Crippen MR) is 80.9 cm³/mol. The summed E-state index contributed by atoms with van der Waals surface area (Å²) in [4.78, 5) is 8.98. The molecule has 0 N–H and O–H groups in total. The van der Waals surface area contributed by atoms with Gasteiger partial charge in [-0.3, -0.25) is 4.98 Å². The van der Waals surface area contributed by atoms with Gasteiger partial charge in [0, 0.05) is 19.0 Å². The van der Waals surface area contributed by atoms with Gasteiger partial charge in [0.15, 0.2) is 0 Å². The van der Waals surface area contributed by atoms with Crippen LogP contribution < -0.4 is 0 Å². The third kappa shape index (κ3) is 2.35. The lowest BCUT2D eigenvalue weighted by Crippen LogP contribution is -2.11. The molecular weight excluding hydrogens is 260 g/mol. The fraction of sp³-hybridized carbons (Fsp3) is 0.222. The molecule has 1 aliphatic rings. The number of aryl methyl sites for hydroxylation is 1. The molecule has 0 amide bonds. The van der Waals surface area contributed by atoms with Gasteiger partial charge in [-0.25, -0.2) is 4.98 Å². The zero-order valence-corrected chi connectivity index (χ0v) is 11.7. The highest BCUT2D eigenvalue weighted by Gasteiger charge is 2.25. The quantitative estimate of drug-likeness (QED) is 0.710. The fourth-order valence-electron chi connectivity index (χ4n) is 2.99. The highest BCUT2D eigenvalue weighted by Crippen LogP contribution is 2.34. The molecule has 2 aromatic heterocycles. The molecule has 104 valence electrons. The monoisotopic (exact) mass is 276 g/mol. The highest BCUT2D eigenvalue weighted by molar-refractivity contribution is 5.47. The maximum atomic E-state index is 5.90. The molecule has 1 aromatic carbocycles. The Bertz CT molecular complexity index is 734. The van der Waals surface area contributed by atoms with Crippen molar-refractivity contribution in [2.24, 2.45) is 0 Å². The summed E-state index contributed by atoms with van der Waals surface area (Å²) in [6, 6.07) is 16.5. The summed E-state index contributed by atoms with van der Waals surface area (Å²) < 4.78 is 5.90. The van der Waals surface area contributed by atoms with E-state index in [0.29, 0.717) is 11.8 Å². The van der Waals surface area contributed by atoms with Crippen LogP contribution in [0.1, 0.15) is 29.4 Å². The molecular formula is C18H16N2O. The topological polar surface area (TPSA) is 38.9 Å². The Morgan fingerprint density at radius 1 is 1.00 bits per heavy atom. The minimum absolute atomic E-state index is 0.542. The van der Waals surface area contributed by atoms with Crippen molar-refractivity contribution < 1.29 is 4.42 Å². The number of pyridine rings is 1. The Hall–Kier alpha value is -2.42. The van der Waals surface area contributed by atoms with E-state index in [2.05, 4.69) is 40.3 Å². The molecule has 0 spiro atoms. The van der Waals surface area contributed by atoms with E-state index >= 15 is 0 Å². The molecule has 21 heavy (non-hydrogen) atoms. The van der Waals surface area contributed by atoms with Gasteiger partial charge >= 0.3 is 0 Å². The zero-order chi connectivity index (χ0) is 14.1. The summed E-state index contributed by atoms with van der Waals surface area (Å²) in [5.41, 5.74) is 3.30. The Labute approximate surface area is 123 Å². The van der Waals surface area contributed by atoms with E-state index in [1.54, 1.807) is 6.20 Å². The summed E-state index contributed by atoms with van der Waals surface area (Å²) in [7, 11) is 0. The first-order chi connectivity index (χ1) is 10.4. The maximum absolute atomic E-state index is 5.90.